The minimum absolute atomic E-state index is 1.01. The Morgan fingerprint density at radius 2 is 1.88 bits per heavy atom. The molecule has 1 aliphatic rings. The van der Waals surface area contributed by atoms with E-state index in [0.29, 0.717) is 0 Å². The van der Waals surface area contributed by atoms with Gasteiger partial charge in [0.05, 0.1) is 6.67 Å². The van der Waals surface area contributed by atoms with Crippen LogP contribution in [0.1, 0.15) is 0 Å². The topological polar surface area (TPSA) is 20.2 Å². The highest BCUT2D eigenvalue weighted by atomic mass is 15.3. The number of aromatic nitrogens is 1. The molecule has 0 aliphatic carbocycles. The van der Waals surface area contributed by atoms with Crippen LogP contribution in [-0.4, -0.2) is 35.6 Å². The fraction of sp³-hybridized carbons (Fsp3) is 0.385. The molecule has 2 aromatic rings. The second-order valence-electron chi connectivity index (χ2n) is 4.35. The summed E-state index contributed by atoms with van der Waals surface area (Å²) in [5, 5.41) is 4.71. The molecule has 0 radical (unpaired) electrons. The van der Waals surface area contributed by atoms with Crippen LogP contribution in [0, 0.1) is 0 Å². The maximum atomic E-state index is 3.38. The standard InChI is InChI=1S/C13H17N3/c1-2-4-13-12(3-1)5-8-16(13)11-15-9-6-14-7-10-15/h1-5,8,14H,6-7,9-11H2. The molecule has 0 atom stereocenters. The van der Waals surface area contributed by atoms with Crippen molar-refractivity contribution in [3.63, 3.8) is 0 Å². The second-order valence-corrected chi connectivity index (χ2v) is 4.35. The first-order chi connectivity index (χ1) is 7.93. The Bertz CT molecular complexity index is 469. The molecule has 0 spiro atoms. The summed E-state index contributed by atoms with van der Waals surface area (Å²) < 4.78 is 2.33. The van der Waals surface area contributed by atoms with E-state index in [1.54, 1.807) is 0 Å². The number of hydrogen-bond acceptors (Lipinski definition) is 2. The Morgan fingerprint density at radius 1 is 1.06 bits per heavy atom. The van der Waals surface area contributed by atoms with Crippen LogP contribution in [0.25, 0.3) is 10.9 Å². The molecule has 1 saturated heterocycles. The SMILES string of the molecule is c1ccc2c(c1)ccn2CN1CCNCC1. The fourth-order valence-corrected chi connectivity index (χ4v) is 2.33. The van der Waals surface area contributed by atoms with Gasteiger partial charge in [-0.25, -0.2) is 0 Å². The van der Waals surface area contributed by atoms with Gasteiger partial charge in [-0.3, -0.25) is 4.90 Å². The van der Waals surface area contributed by atoms with Crippen LogP contribution in [0.4, 0.5) is 0 Å². The van der Waals surface area contributed by atoms with E-state index >= 15 is 0 Å². The summed E-state index contributed by atoms with van der Waals surface area (Å²) in [6.45, 7) is 5.52. The molecule has 0 amide bonds. The number of rotatable bonds is 2. The third-order valence-electron chi connectivity index (χ3n) is 3.24. The lowest BCUT2D eigenvalue weighted by Gasteiger charge is -2.27. The third-order valence-corrected chi connectivity index (χ3v) is 3.24. The molecule has 0 unspecified atom stereocenters. The van der Waals surface area contributed by atoms with Crippen molar-refractivity contribution >= 4 is 10.9 Å². The lowest BCUT2D eigenvalue weighted by molar-refractivity contribution is 0.196. The van der Waals surface area contributed by atoms with Crippen LogP contribution < -0.4 is 5.32 Å². The van der Waals surface area contributed by atoms with Gasteiger partial charge in [0.1, 0.15) is 0 Å². The first-order valence-electron chi connectivity index (χ1n) is 5.90. The van der Waals surface area contributed by atoms with Gasteiger partial charge in [0.15, 0.2) is 0 Å². The molecule has 1 N–H and O–H groups in total. The van der Waals surface area contributed by atoms with Gasteiger partial charge in [0.25, 0.3) is 0 Å². The number of para-hydroxylation sites is 1. The molecule has 1 fully saturated rings. The molecule has 1 aliphatic heterocycles. The van der Waals surface area contributed by atoms with Gasteiger partial charge >= 0.3 is 0 Å². The van der Waals surface area contributed by atoms with Crippen LogP contribution in [0.2, 0.25) is 0 Å². The number of piperazine rings is 1. The van der Waals surface area contributed by atoms with Crippen molar-refractivity contribution in [3.8, 4) is 0 Å². The van der Waals surface area contributed by atoms with Crippen molar-refractivity contribution in [2.45, 2.75) is 6.67 Å². The minimum atomic E-state index is 1.01. The summed E-state index contributed by atoms with van der Waals surface area (Å²) in [6.07, 6.45) is 2.19. The maximum absolute atomic E-state index is 3.38. The Kier molecular flexibility index (Phi) is 2.64. The van der Waals surface area contributed by atoms with Crippen molar-refractivity contribution in [3.05, 3.63) is 36.5 Å². The van der Waals surface area contributed by atoms with Crippen molar-refractivity contribution in [1.82, 2.24) is 14.8 Å². The van der Waals surface area contributed by atoms with Gasteiger partial charge in [-0.15, -0.1) is 0 Å². The van der Waals surface area contributed by atoms with E-state index in [0.717, 1.165) is 32.8 Å². The Morgan fingerprint density at radius 3 is 2.75 bits per heavy atom. The Labute approximate surface area is 95.7 Å². The van der Waals surface area contributed by atoms with Crippen molar-refractivity contribution < 1.29 is 0 Å². The summed E-state index contributed by atoms with van der Waals surface area (Å²) in [5.41, 5.74) is 1.33. The first kappa shape index (κ1) is 9.87. The Hall–Kier alpha value is -1.32. The monoisotopic (exact) mass is 215 g/mol. The summed E-state index contributed by atoms with van der Waals surface area (Å²) in [7, 11) is 0. The zero-order valence-corrected chi connectivity index (χ0v) is 9.39. The first-order valence-corrected chi connectivity index (χ1v) is 5.90. The largest absolute Gasteiger partial charge is 0.334 e. The number of hydrogen-bond donors (Lipinski definition) is 1. The average Bonchev–Trinajstić information content (AvgIpc) is 2.74. The highest BCUT2D eigenvalue weighted by molar-refractivity contribution is 5.79. The molecule has 0 bridgehead atoms. The number of fused-ring (bicyclic) bond motifs is 1. The number of nitrogens with zero attached hydrogens (tertiary/aromatic N) is 2. The predicted octanol–water partition coefficient (Wildman–Crippen LogP) is 1.50. The van der Waals surface area contributed by atoms with E-state index in [2.05, 4.69) is 51.3 Å². The van der Waals surface area contributed by atoms with Gasteiger partial charge in [-0.1, -0.05) is 18.2 Å². The zero-order chi connectivity index (χ0) is 10.8. The van der Waals surface area contributed by atoms with Crippen molar-refractivity contribution in [1.29, 1.82) is 0 Å². The van der Waals surface area contributed by atoms with E-state index in [-0.39, 0.29) is 0 Å². The van der Waals surface area contributed by atoms with Crippen LogP contribution >= 0.6 is 0 Å². The van der Waals surface area contributed by atoms with E-state index in [1.165, 1.54) is 10.9 Å². The van der Waals surface area contributed by atoms with Crippen LogP contribution in [-0.2, 0) is 6.67 Å². The highest BCUT2D eigenvalue weighted by Gasteiger charge is 2.10. The highest BCUT2D eigenvalue weighted by Crippen LogP contribution is 2.15. The normalized spacial score (nSPS) is 18.0. The second kappa shape index (κ2) is 4.28. The van der Waals surface area contributed by atoms with Crippen LogP contribution in [0.5, 0.6) is 0 Å². The van der Waals surface area contributed by atoms with Gasteiger partial charge < -0.3 is 9.88 Å². The van der Waals surface area contributed by atoms with Gasteiger partial charge in [-0.2, -0.15) is 0 Å². The van der Waals surface area contributed by atoms with Crippen LogP contribution in [0.15, 0.2) is 36.5 Å². The zero-order valence-electron chi connectivity index (χ0n) is 9.39. The predicted molar refractivity (Wildman–Crippen MR) is 66.4 cm³/mol. The van der Waals surface area contributed by atoms with Crippen molar-refractivity contribution in [2.24, 2.45) is 0 Å². The average molecular weight is 215 g/mol. The molecular weight excluding hydrogens is 198 g/mol. The summed E-state index contributed by atoms with van der Waals surface area (Å²) in [6, 6.07) is 10.8. The summed E-state index contributed by atoms with van der Waals surface area (Å²) in [4.78, 5) is 2.49. The minimum Gasteiger partial charge on any atom is -0.334 e. The third kappa shape index (κ3) is 1.84. The van der Waals surface area contributed by atoms with E-state index in [4.69, 9.17) is 0 Å². The van der Waals surface area contributed by atoms with E-state index < -0.39 is 0 Å². The molecule has 3 heteroatoms. The van der Waals surface area contributed by atoms with Crippen molar-refractivity contribution in [2.75, 3.05) is 26.2 Å². The van der Waals surface area contributed by atoms with Gasteiger partial charge in [0, 0.05) is 37.9 Å². The number of benzene rings is 1. The molecule has 2 heterocycles. The summed E-state index contributed by atoms with van der Waals surface area (Å²) >= 11 is 0. The fourth-order valence-electron chi connectivity index (χ4n) is 2.33. The maximum Gasteiger partial charge on any atom is 0.0751 e. The molecule has 0 saturated carbocycles. The van der Waals surface area contributed by atoms with Gasteiger partial charge in [-0.05, 0) is 17.5 Å². The quantitative estimate of drug-likeness (QED) is 0.819. The molecule has 3 rings (SSSR count). The molecule has 3 nitrogen and oxygen atoms in total. The lowest BCUT2D eigenvalue weighted by atomic mass is 10.2. The number of nitrogens with one attached hydrogen (secondary N) is 1. The van der Waals surface area contributed by atoms with E-state index in [1.807, 2.05) is 0 Å². The molecule has 84 valence electrons. The van der Waals surface area contributed by atoms with Gasteiger partial charge in [0.2, 0.25) is 0 Å². The molecular formula is C13H17N3. The Balaban J connectivity index is 1.83. The molecule has 1 aromatic heterocycles. The lowest BCUT2D eigenvalue weighted by Crippen LogP contribution is -2.43. The summed E-state index contributed by atoms with van der Waals surface area (Å²) in [5.74, 6) is 0. The molecule has 1 aromatic carbocycles. The van der Waals surface area contributed by atoms with E-state index in [9.17, 15) is 0 Å². The molecule has 16 heavy (non-hydrogen) atoms. The van der Waals surface area contributed by atoms with Crippen LogP contribution in [0.3, 0.4) is 0 Å². The smallest absolute Gasteiger partial charge is 0.0751 e.